The molecule has 0 unspecified atom stereocenters. The summed E-state index contributed by atoms with van der Waals surface area (Å²) in [5.41, 5.74) is 1.40. The second-order valence-electron chi connectivity index (χ2n) is 5.78. The monoisotopic (exact) mass is 260 g/mol. The van der Waals surface area contributed by atoms with Crippen LogP contribution in [0.15, 0.2) is 35.1 Å². The van der Waals surface area contributed by atoms with Crippen molar-refractivity contribution in [1.29, 1.82) is 0 Å². The number of fused-ring (bicyclic) bond motifs is 1. The number of aliphatic hydroxyl groups is 1. The molecule has 0 saturated heterocycles. The third-order valence-corrected chi connectivity index (χ3v) is 2.98. The summed E-state index contributed by atoms with van der Waals surface area (Å²) in [7, 11) is 0. The van der Waals surface area contributed by atoms with E-state index in [-0.39, 0.29) is 11.1 Å². The van der Waals surface area contributed by atoms with Crippen molar-refractivity contribution in [2.24, 2.45) is 0 Å². The minimum atomic E-state index is -0.603. The van der Waals surface area contributed by atoms with Gasteiger partial charge < -0.3 is 15.4 Å². The molecule has 3 N–H and O–H groups in total. The van der Waals surface area contributed by atoms with E-state index in [1.807, 2.05) is 18.2 Å². The van der Waals surface area contributed by atoms with E-state index < -0.39 is 6.10 Å². The summed E-state index contributed by atoms with van der Waals surface area (Å²) in [5, 5.41) is 14.5. The summed E-state index contributed by atoms with van der Waals surface area (Å²) in [6.07, 6.45) is -0.603. The standard InChI is InChI=1S/C15H20N2O2/c1-15(2,3)16-9-13(18)11-5-4-6-12-10(11)7-8-14(19)17-12/h4-8,13,16,18H,9H2,1-3H3,(H,17,19)/t13-/m0/s1. The Kier molecular flexibility index (Phi) is 3.73. The second-order valence-corrected chi connectivity index (χ2v) is 5.78. The lowest BCUT2D eigenvalue weighted by molar-refractivity contribution is 0.164. The van der Waals surface area contributed by atoms with Crippen molar-refractivity contribution < 1.29 is 5.11 Å². The maximum Gasteiger partial charge on any atom is 0.248 e. The number of aliphatic hydroxyl groups excluding tert-OH is 1. The molecule has 0 aliphatic rings. The van der Waals surface area contributed by atoms with Gasteiger partial charge in [-0.05, 0) is 38.5 Å². The topological polar surface area (TPSA) is 65.1 Å². The predicted octanol–water partition coefficient (Wildman–Crippen LogP) is 1.95. The third-order valence-electron chi connectivity index (χ3n) is 2.98. The van der Waals surface area contributed by atoms with Gasteiger partial charge in [-0.1, -0.05) is 12.1 Å². The van der Waals surface area contributed by atoms with Gasteiger partial charge in [-0.3, -0.25) is 4.79 Å². The van der Waals surface area contributed by atoms with E-state index in [4.69, 9.17) is 0 Å². The molecule has 0 spiro atoms. The van der Waals surface area contributed by atoms with E-state index in [2.05, 4.69) is 31.1 Å². The maximum atomic E-state index is 11.3. The first-order chi connectivity index (χ1) is 8.87. The van der Waals surface area contributed by atoms with Gasteiger partial charge in [0.15, 0.2) is 0 Å². The number of hydrogen-bond acceptors (Lipinski definition) is 3. The average molecular weight is 260 g/mol. The van der Waals surface area contributed by atoms with Crippen LogP contribution in [0.3, 0.4) is 0 Å². The smallest absolute Gasteiger partial charge is 0.248 e. The number of β-amino-alcohol motifs (C(OH)–C–C–N with tert-alkyl or cyclic N) is 1. The first-order valence-corrected chi connectivity index (χ1v) is 6.42. The summed E-state index contributed by atoms with van der Waals surface area (Å²) >= 11 is 0. The number of hydrogen-bond donors (Lipinski definition) is 3. The van der Waals surface area contributed by atoms with Crippen LogP contribution in [0, 0.1) is 0 Å². The van der Waals surface area contributed by atoms with Crippen molar-refractivity contribution in [2.75, 3.05) is 6.54 Å². The van der Waals surface area contributed by atoms with Crippen LogP contribution in [0.2, 0.25) is 0 Å². The molecule has 0 radical (unpaired) electrons. The Labute approximate surface area is 112 Å². The molecule has 0 aliphatic heterocycles. The molecule has 2 aromatic rings. The largest absolute Gasteiger partial charge is 0.387 e. The molecule has 4 heteroatoms. The zero-order chi connectivity index (χ0) is 14.0. The van der Waals surface area contributed by atoms with Gasteiger partial charge in [-0.25, -0.2) is 0 Å². The molecule has 1 aromatic heterocycles. The quantitative estimate of drug-likeness (QED) is 0.790. The first-order valence-electron chi connectivity index (χ1n) is 6.42. The van der Waals surface area contributed by atoms with Crippen molar-refractivity contribution >= 4 is 10.9 Å². The van der Waals surface area contributed by atoms with Gasteiger partial charge >= 0.3 is 0 Å². The molecule has 1 atom stereocenters. The summed E-state index contributed by atoms with van der Waals surface area (Å²) in [6, 6.07) is 8.80. The van der Waals surface area contributed by atoms with Crippen LogP contribution in [-0.4, -0.2) is 22.2 Å². The molecule has 102 valence electrons. The fourth-order valence-corrected chi connectivity index (χ4v) is 2.01. The molecular formula is C15H20N2O2. The van der Waals surface area contributed by atoms with Crippen molar-refractivity contribution in [3.05, 3.63) is 46.2 Å². The number of rotatable bonds is 3. The lowest BCUT2D eigenvalue weighted by Gasteiger charge is -2.23. The van der Waals surface area contributed by atoms with Gasteiger partial charge in [0.1, 0.15) is 0 Å². The minimum Gasteiger partial charge on any atom is -0.387 e. The Bertz CT molecular complexity index is 626. The van der Waals surface area contributed by atoms with E-state index in [1.165, 1.54) is 6.07 Å². The van der Waals surface area contributed by atoms with Gasteiger partial charge in [0.05, 0.1) is 6.10 Å². The van der Waals surface area contributed by atoms with E-state index in [1.54, 1.807) is 6.07 Å². The minimum absolute atomic E-state index is 0.0418. The highest BCUT2D eigenvalue weighted by molar-refractivity contribution is 5.82. The zero-order valence-electron chi connectivity index (χ0n) is 11.5. The highest BCUT2D eigenvalue weighted by atomic mass is 16.3. The Morgan fingerprint density at radius 1 is 1.26 bits per heavy atom. The normalized spacial score (nSPS) is 13.7. The number of aromatic amines is 1. The van der Waals surface area contributed by atoms with Crippen molar-refractivity contribution in [3.8, 4) is 0 Å². The van der Waals surface area contributed by atoms with Crippen molar-refractivity contribution in [2.45, 2.75) is 32.4 Å². The number of H-pyrrole nitrogens is 1. The molecule has 19 heavy (non-hydrogen) atoms. The van der Waals surface area contributed by atoms with Crippen LogP contribution in [0.1, 0.15) is 32.4 Å². The molecule has 0 amide bonds. The second kappa shape index (κ2) is 5.15. The van der Waals surface area contributed by atoms with E-state index >= 15 is 0 Å². The Balaban J connectivity index is 2.32. The predicted molar refractivity (Wildman–Crippen MR) is 77.3 cm³/mol. The average Bonchev–Trinajstić information content (AvgIpc) is 2.34. The summed E-state index contributed by atoms with van der Waals surface area (Å²) < 4.78 is 0. The molecule has 4 nitrogen and oxygen atoms in total. The molecule has 0 bridgehead atoms. The van der Waals surface area contributed by atoms with Crippen LogP contribution in [0.4, 0.5) is 0 Å². The van der Waals surface area contributed by atoms with Gasteiger partial charge in [0.25, 0.3) is 0 Å². The van der Waals surface area contributed by atoms with Crippen molar-refractivity contribution in [1.82, 2.24) is 10.3 Å². The summed E-state index contributed by atoms with van der Waals surface area (Å²) in [6.45, 7) is 6.64. The van der Waals surface area contributed by atoms with Crippen LogP contribution in [-0.2, 0) is 0 Å². The fraction of sp³-hybridized carbons (Fsp3) is 0.400. The van der Waals surface area contributed by atoms with Crippen LogP contribution >= 0.6 is 0 Å². The van der Waals surface area contributed by atoms with E-state index in [9.17, 15) is 9.90 Å². The number of benzene rings is 1. The molecule has 0 fully saturated rings. The molecule has 0 saturated carbocycles. The summed E-state index contributed by atoms with van der Waals surface area (Å²) in [5.74, 6) is 0. The highest BCUT2D eigenvalue weighted by Gasteiger charge is 2.15. The Hall–Kier alpha value is -1.65. The maximum absolute atomic E-state index is 11.3. The third kappa shape index (κ3) is 3.43. The molecule has 2 rings (SSSR count). The molecule has 1 heterocycles. The highest BCUT2D eigenvalue weighted by Crippen LogP contribution is 2.22. The zero-order valence-corrected chi connectivity index (χ0v) is 11.5. The Morgan fingerprint density at radius 2 is 2.00 bits per heavy atom. The van der Waals surface area contributed by atoms with Gasteiger partial charge in [-0.15, -0.1) is 0 Å². The summed E-state index contributed by atoms with van der Waals surface area (Å²) in [4.78, 5) is 14.1. The lowest BCUT2D eigenvalue weighted by Crippen LogP contribution is -2.38. The van der Waals surface area contributed by atoms with Gasteiger partial charge in [0, 0.05) is 29.1 Å². The SMILES string of the molecule is CC(C)(C)NC[C@H](O)c1cccc2[nH]c(=O)ccc12. The lowest BCUT2D eigenvalue weighted by atomic mass is 10.0. The van der Waals surface area contributed by atoms with Crippen LogP contribution < -0.4 is 10.9 Å². The van der Waals surface area contributed by atoms with Crippen molar-refractivity contribution in [3.63, 3.8) is 0 Å². The van der Waals surface area contributed by atoms with E-state index in [0.29, 0.717) is 6.54 Å². The first kappa shape index (κ1) is 13.8. The molecule has 0 aliphatic carbocycles. The van der Waals surface area contributed by atoms with E-state index in [0.717, 1.165) is 16.5 Å². The number of nitrogens with one attached hydrogen (secondary N) is 2. The number of aromatic nitrogens is 1. The van der Waals surface area contributed by atoms with Gasteiger partial charge in [0.2, 0.25) is 5.56 Å². The van der Waals surface area contributed by atoms with Crippen LogP contribution in [0.25, 0.3) is 10.9 Å². The van der Waals surface area contributed by atoms with Crippen LogP contribution in [0.5, 0.6) is 0 Å². The fourth-order valence-electron chi connectivity index (χ4n) is 2.01. The number of pyridine rings is 1. The molecule has 1 aromatic carbocycles. The Morgan fingerprint density at radius 3 is 2.68 bits per heavy atom. The molecular weight excluding hydrogens is 240 g/mol. The van der Waals surface area contributed by atoms with Gasteiger partial charge in [-0.2, -0.15) is 0 Å².